The Hall–Kier alpha value is -0.610. The SMILES string of the molecule is CNC(=O)CCCN(C)CCN. The van der Waals surface area contributed by atoms with E-state index in [1.807, 2.05) is 7.05 Å². The summed E-state index contributed by atoms with van der Waals surface area (Å²) in [6.07, 6.45) is 1.50. The van der Waals surface area contributed by atoms with Crippen LogP contribution >= 0.6 is 0 Å². The van der Waals surface area contributed by atoms with E-state index in [1.165, 1.54) is 0 Å². The van der Waals surface area contributed by atoms with Crippen LogP contribution in [0, 0.1) is 0 Å². The third kappa shape index (κ3) is 6.12. The van der Waals surface area contributed by atoms with Crippen molar-refractivity contribution >= 4 is 5.91 Å². The Bertz CT molecular complexity index is 127. The highest BCUT2D eigenvalue weighted by atomic mass is 16.1. The van der Waals surface area contributed by atoms with Crippen molar-refractivity contribution in [3.8, 4) is 0 Å². The zero-order valence-electron chi connectivity index (χ0n) is 7.97. The number of carbonyl (C=O) groups excluding carboxylic acids is 1. The summed E-state index contributed by atoms with van der Waals surface area (Å²) < 4.78 is 0. The minimum Gasteiger partial charge on any atom is -0.359 e. The van der Waals surface area contributed by atoms with Crippen LogP contribution in [0.1, 0.15) is 12.8 Å². The third-order valence-electron chi connectivity index (χ3n) is 1.73. The lowest BCUT2D eigenvalue weighted by Gasteiger charge is -2.14. The molecule has 0 aliphatic rings. The fraction of sp³-hybridized carbons (Fsp3) is 0.875. The molecule has 72 valence electrons. The van der Waals surface area contributed by atoms with Gasteiger partial charge < -0.3 is 16.0 Å². The van der Waals surface area contributed by atoms with Crippen LogP contribution in [-0.4, -0.2) is 44.5 Å². The van der Waals surface area contributed by atoms with E-state index in [9.17, 15) is 4.79 Å². The van der Waals surface area contributed by atoms with E-state index in [1.54, 1.807) is 7.05 Å². The molecule has 0 rings (SSSR count). The molecule has 0 aromatic heterocycles. The standard InChI is InChI=1S/C8H19N3O/c1-10-8(12)4-3-6-11(2)7-5-9/h3-7,9H2,1-2H3,(H,10,12). The largest absolute Gasteiger partial charge is 0.359 e. The minimum atomic E-state index is 0.108. The van der Waals surface area contributed by atoms with Crippen molar-refractivity contribution in [2.75, 3.05) is 33.7 Å². The molecule has 4 nitrogen and oxygen atoms in total. The quantitative estimate of drug-likeness (QED) is 0.564. The number of hydrogen-bond donors (Lipinski definition) is 2. The van der Waals surface area contributed by atoms with E-state index >= 15 is 0 Å². The van der Waals surface area contributed by atoms with E-state index < -0.39 is 0 Å². The summed E-state index contributed by atoms with van der Waals surface area (Å²) in [6, 6.07) is 0. The Labute approximate surface area is 74.1 Å². The predicted molar refractivity (Wildman–Crippen MR) is 49.9 cm³/mol. The van der Waals surface area contributed by atoms with Crippen molar-refractivity contribution in [2.24, 2.45) is 5.73 Å². The first-order valence-corrected chi connectivity index (χ1v) is 4.30. The average molecular weight is 173 g/mol. The van der Waals surface area contributed by atoms with Gasteiger partial charge in [0.25, 0.3) is 0 Å². The van der Waals surface area contributed by atoms with Crippen molar-refractivity contribution in [3.05, 3.63) is 0 Å². The molecule has 0 aromatic carbocycles. The van der Waals surface area contributed by atoms with Gasteiger partial charge in [-0.3, -0.25) is 4.79 Å². The lowest BCUT2D eigenvalue weighted by molar-refractivity contribution is -0.120. The lowest BCUT2D eigenvalue weighted by atomic mass is 10.3. The third-order valence-corrected chi connectivity index (χ3v) is 1.73. The highest BCUT2D eigenvalue weighted by molar-refractivity contribution is 5.75. The van der Waals surface area contributed by atoms with Gasteiger partial charge in [0, 0.05) is 26.6 Å². The van der Waals surface area contributed by atoms with Gasteiger partial charge in [0.2, 0.25) is 5.91 Å². The molecule has 0 fully saturated rings. The van der Waals surface area contributed by atoms with Crippen LogP contribution < -0.4 is 11.1 Å². The Kier molecular flexibility index (Phi) is 6.70. The fourth-order valence-corrected chi connectivity index (χ4v) is 0.967. The van der Waals surface area contributed by atoms with E-state index in [2.05, 4.69) is 10.2 Å². The molecule has 0 atom stereocenters. The van der Waals surface area contributed by atoms with Crippen LogP contribution in [0.5, 0.6) is 0 Å². The number of rotatable bonds is 6. The molecule has 0 heterocycles. The molecule has 0 saturated carbocycles. The molecule has 1 amide bonds. The molecular formula is C8H19N3O. The summed E-state index contributed by atoms with van der Waals surface area (Å²) in [4.78, 5) is 12.9. The van der Waals surface area contributed by atoms with Crippen molar-refractivity contribution in [1.82, 2.24) is 10.2 Å². The number of nitrogens with one attached hydrogen (secondary N) is 1. The van der Waals surface area contributed by atoms with Crippen LogP contribution in [0.4, 0.5) is 0 Å². The smallest absolute Gasteiger partial charge is 0.219 e. The number of carbonyl (C=O) groups is 1. The van der Waals surface area contributed by atoms with Gasteiger partial charge >= 0.3 is 0 Å². The van der Waals surface area contributed by atoms with E-state index in [0.717, 1.165) is 19.5 Å². The van der Waals surface area contributed by atoms with Gasteiger partial charge in [0.05, 0.1) is 0 Å². The molecule has 0 radical (unpaired) electrons. The predicted octanol–water partition coefficient (Wildman–Crippen LogP) is -0.597. The van der Waals surface area contributed by atoms with Crippen molar-refractivity contribution in [3.63, 3.8) is 0 Å². The zero-order valence-corrected chi connectivity index (χ0v) is 7.97. The van der Waals surface area contributed by atoms with Crippen LogP contribution in [-0.2, 0) is 4.79 Å². The van der Waals surface area contributed by atoms with Crippen LogP contribution in [0.25, 0.3) is 0 Å². The second-order valence-corrected chi connectivity index (χ2v) is 2.87. The molecule has 12 heavy (non-hydrogen) atoms. The maximum atomic E-state index is 10.8. The van der Waals surface area contributed by atoms with E-state index in [0.29, 0.717) is 13.0 Å². The number of nitrogens with two attached hydrogens (primary N) is 1. The second-order valence-electron chi connectivity index (χ2n) is 2.87. The molecule has 0 aromatic rings. The topological polar surface area (TPSA) is 58.4 Å². The molecule has 0 spiro atoms. The first-order valence-electron chi connectivity index (χ1n) is 4.30. The average Bonchev–Trinajstić information content (AvgIpc) is 2.04. The summed E-state index contributed by atoms with van der Waals surface area (Å²) in [6.45, 7) is 2.51. The summed E-state index contributed by atoms with van der Waals surface area (Å²) in [5.74, 6) is 0.108. The Morgan fingerprint density at radius 2 is 2.17 bits per heavy atom. The monoisotopic (exact) mass is 173 g/mol. The molecule has 0 aliphatic heterocycles. The van der Waals surface area contributed by atoms with Gasteiger partial charge in [0.1, 0.15) is 0 Å². The lowest BCUT2D eigenvalue weighted by Crippen LogP contribution is -2.27. The van der Waals surface area contributed by atoms with Crippen molar-refractivity contribution < 1.29 is 4.79 Å². The minimum absolute atomic E-state index is 0.108. The highest BCUT2D eigenvalue weighted by Crippen LogP contribution is 1.91. The number of hydrogen-bond acceptors (Lipinski definition) is 3. The Morgan fingerprint density at radius 3 is 2.67 bits per heavy atom. The first-order chi connectivity index (χ1) is 5.70. The molecule has 3 N–H and O–H groups in total. The maximum absolute atomic E-state index is 10.8. The second kappa shape index (κ2) is 7.06. The fourth-order valence-electron chi connectivity index (χ4n) is 0.967. The molecule has 4 heteroatoms. The number of amides is 1. The number of nitrogens with zero attached hydrogens (tertiary/aromatic N) is 1. The number of likely N-dealkylation sites (N-methyl/N-ethyl adjacent to an activating group) is 1. The van der Waals surface area contributed by atoms with Crippen molar-refractivity contribution in [1.29, 1.82) is 0 Å². The first kappa shape index (κ1) is 11.4. The molecule has 0 saturated heterocycles. The van der Waals surface area contributed by atoms with Crippen LogP contribution in [0.2, 0.25) is 0 Å². The van der Waals surface area contributed by atoms with Gasteiger partial charge in [0.15, 0.2) is 0 Å². The van der Waals surface area contributed by atoms with E-state index in [4.69, 9.17) is 5.73 Å². The normalized spacial score (nSPS) is 10.3. The van der Waals surface area contributed by atoms with Crippen LogP contribution in [0.15, 0.2) is 0 Å². The Morgan fingerprint density at radius 1 is 1.50 bits per heavy atom. The molecule has 0 aliphatic carbocycles. The molecule has 0 unspecified atom stereocenters. The summed E-state index contributed by atoms with van der Waals surface area (Å²) in [7, 11) is 3.67. The van der Waals surface area contributed by atoms with Crippen molar-refractivity contribution in [2.45, 2.75) is 12.8 Å². The van der Waals surface area contributed by atoms with Crippen LogP contribution in [0.3, 0.4) is 0 Å². The molecule has 0 bridgehead atoms. The van der Waals surface area contributed by atoms with Gasteiger partial charge in [-0.05, 0) is 20.0 Å². The van der Waals surface area contributed by atoms with Gasteiger partial charge in [-0.25, -0.2) is 0 Å². The highest BCUT2D eigenvalue weighted by Gasteiger charge is 1.99. The summed E-state index contributed by atoms with van der Waals surface area (Å²) in [5.41, 5.74) is 5.37. The zero-order chi connectivity index (χ0) is 9.40. The maximum Gasteiger partial charge on any atom is 0.219 e. The summed E-state index contributed by atoms with van der Waals surface area (Å²) >= 11 is 0. The van der Waals surface area contributed by atoms with Gasteiger partial charge in [-0.15, -0.1) is 0 Å². The van der Waals surface area contributed by atoms with E-state index in [-0.39, 0.29) is 5.91 Å². The van der Waals surface area contributed by atoms with Gasteiger partial charge in [-0.1, -0.05) is 0 Å². The van der Waals surface area contributed by atoms with Gasteiger partial charge in [-0.2, -0.15) is 0 Å². The molecular weight excluding hydrogens is 154 g/mol. The summed E-state index contributed by atoms with van der Waals surface area (Å²) in [5, 5.41) is 2.59. The Balaban J connectivity index is 3.24.